The van der Waals surface area contributed by atoms with Crippen LogP contribution in [-0.2, 0) is 6.54 Å². The Hall–Kier alpha value is -0.210. The van der Waals surface area contributed by atoms with Crippen molar-refractivity contribution in [2.45, 2.75) is 12.6 Å². The van der Waals surface area contributed by atoms with Crippen molar-refractivity contribution in [2.75, 3.05) is 20.6 Å². The van der Waals surface area contributed by atoms with Gasteiger partial charge in [0, 0.05) is 15.9 Å². The molecule has 0 amide bonds. The van der Waals surface area contributed by atoms with Gasteiger partial charge in [-0.25, -0.2) is 0 Å². The van der Waals surface area contributed by atoms with Gasteiger partial charge in [-0.1, -0.05) is 0 Å². The molecule has 2 N–H and O–H groups in total. The Bertz CT molecular complexity index is 550. The van der Waals surface area contributed by atoms with Crippen molar-refractivity contribution in [3.8, 4) is 0 Å². The summed E-state index contributed by atoms with van der Waals surface area (Å²) in [4.78, 5) is 3.25. The molecule has 0 aromatic carbocycles. The fourth-order valence-electron chi connectivity index (χ4n) is 1.81. The predicted molar refractivity (Wildman–Crippen MR) is 86.5 cm³/mol. The summed E-state index contributed by atoms with van der Waals surface area (Å²) in [5.74, 6) is 0. The largest absolute Gasteiger partial charge is 0.318 e. The maximum atomic E-state index is 6.39. The van der Waals surface area contributed by atoms with Gasteiger partial charge in [0.15, 0.2) is 0 Å². The van der Waals surface area contributed by atoms with Gasteiger partial charge in [-0.15, -0.1) is 11.3 Å². The summed E-state index contributed by atoms with van der Waals surface area (Å²) in [7, 11) is 4.10. The minimum Gasteiger partial charge on any atom is -0.318 e. The standard InChI is InChI=1S/C12H16Br2N4S/c1-17(2)4-5-18-11(9(14)7-16-18)10(15)12-8(13)3-6-19-12/h3,6-7,10H,4-5,15H2,1-2H3. The molecule has 0 aliphatic heterocycles. The van der Waals surface area contributed by atoms with Crippen molar-refractivity contribution in [2.24, 2.45) is 5.73 Å². The Labute approximate surface area is 133 Å². The van der Waals surface area contributed by atoms with Crippen LogP contribution in [0.4, 0.5) is 0 Å². The van der Waals surface area contributed by atoms with E-state index in [-0.39, 0.29) is 6.04 Å². The third kappa shape index (κ3) is 3.46. The van der Waals surface area contributed by atoms with Crippen molar-refractivity contribution in [3.05, 3.63) is 37.2 Å². The number of rotatable bonds is 5. The highest BCUT2D eigenvalue weighted by Crippen LogP contribution is 2.34. The zero-order valence-electron chi connectivity index (χ0n) is 10.8. The van der Waals surface area contributed by atoms with E-state index in [2.05, 4.69) is 41.9 Å². The second-order valence-corrected chi connectivity index (χ2v) is 7.17. The van der Waals surface area contributed by atoms with Crippen LogP contribution in [0.1, 0.15) is 16.6 Å². The maximum absolute atomic E-state index is 6.39. The van der Waals surface area contributed by atoms with Crippen LogP contribution in [-0.4, -0.2) is 35.3 Å². The summed E-state index contributed by atoms with van der Waals surface area (Å²) in [6.07, 6.45) is 1.81. The lowest BCUT2D eigenvalue weighted by Gasteiger charge is -2.16. The maximum Gasteiger partial charge on any atom is 0.0839 e. The van der Waals surface area contributed by atoms with Gasteiger partial charge >= 0.3 is 0 Å². The third-order valence-electron chi connectivity index (χ3n) is 2.81. The van der Waals surface area contributed by atoms with Crippen LogP contribution in [0.3, 0.4) is 0 Å². The molecule has 2 rings (SSSR count). The molecule has 2 aromatic heterocycles. The molecule has 0 saturated carbocycles. The predicted octanol–water partition coefficient (Wildman–Crippen LogP) is 3.08. The first kappa shape index (κ1) is 15.2. The van der Waals surface area contributed by atoms with Crippen LogP contribution in [0.15, 0.2) is 26.6 Å². The number of halogens is 2. The van der Waals surface area contributed by atoms with Crippen molar-refractivity contribution >= 4 is 43.2 Å². The van der Waals surface area contributed by atoms with Gasteiger partial charge in [0.25, 0.3) is 0 Å². The summed E-state index contributed by atoms with van der Waals surface area (Å²) >= 11 is 8.74. The summed E-state index contributed by atoms with van der Waals surface area (Å²) in [6, 6.07) is 1.85. The molecule has 0 saturated heterocycles. The number of nitrogens with zero attached hydrogens (tertiary/aromatic N) is 3. The van der Waals surface area contributed by atoms with E-state index >= 15 is 0 Å². The van der Waals surface area contributed by atoms with E-state index in [9.17, 15) is 0 Å². The molecule has 4 nitrogen and oxygen atoms in total. The van der Waals surface area contributed by atoms with Crippen LogP contribution < -0.4 is 5.73 Å². The van der Waals surface area contributed by atoms with E-state index in [0.29, 0.717) is 0 Å². The second-order valence-electron chi connectivity index (χ2n) is 4.51. The minimum atomic E-state index is -0.173. The molecule has 1 atom stereocenters. The molecule has 104 valence electrons. The van der Waals surface area contributed by atoms with Gasteiger partial charge in [-0.3, -0.25) is 4.68 Å². The molecule has 2 aromatic rings. The van der Waals surface area contributed by atoms with E-state index in [1.54, 1.807) is 11.3 Å². The third-order valence-corrected chi connectivity index (χ3v) is 5.38. The first-order valence-electron chi connectivity index (χ1n) is 5.85. The molecular formula is C12H16Br2N4S. The highest BCUT2D eigenvalue weighted by Gasteiger charge is 2.21. The molecule has 2 heterocycles. The molecule has 1 unspecified atom stereocenters. The van der Waals surface area contributed by atoms with Crippen molar-refractivity contribution in [1.29, 1.82) is 0 Å². The SMILES string of the molecule is CN(C)CCn1ncc(Br)c1C(N)c1sccc1Br. The van der Waals surface area contributed by atoms with Crippen LogP contribution in [0, 0.1) is 0 Å². The van der Waals surface area contributed by atoms with Crippen LogP contribution in [0.5, 0.6) is 0 Å². The Kier molecular flexibility index (Phi) is 5.19. The van der Waals surface area contributed by atoms with Gasteiger partial charge in [0.2, 0.25) is 0 Å². The molecular weight excluding hydrogens is 392 g/mol. The first-order chi connectivity index (χ1) is 9.00. The van der Waals surface area contributed by atoms with Gasteiger partial charge in [0.05, 0.1) is 29.0 Å². The molecule has 7 heteroatoms. The first-order valence-corrected chi connectivity index (χ1v) is 8.31. The van der Waals surface area contributed by atoms with Crippen molar-refractivity contribution < 1.29 is 0 Å². The van der Waals surface area contributed by atoms with E-state index in [1.165, 1.54) is 0 Å². The Morgan fingerprint density at radius 1 is 1.42 bits per heavy atom. The van der Waals surface area contributed by atoms with Crippen LogP contribution in [0.2, 0.25) is 0 Å². The van der Waals surface area contributed by atoms with Gasteiger partial charge in [-0.05, 0) is 57.4 Å². The lowest BCUT2D eigenvalue weighted by molar-refractivity contribution is 0.368. The summed E-state index contributed by atoms with van der Waals surface area (Å²) in [5.41, 5.74) is 7.41. The minimum absolute atomic E-state index is 0.173. The molecule has 19 heavy (non-hydrogen) atoms. The Balaban J connectivity index is 2.28. The topological polar surface area (TPSA) is 47.1 Å². The molecule has 0 aliphatic carbocycles. The van der Waals surface area contributed by atoms with Gasteiger partial charge in [-0.2, -0.15) is 5.10 Å². The van der Waals surface area contributed by atoms with E-state index in [0.717, 1.165) is 32.6 Å². The van der Waals surface area contributed by atoms with E-state index < -0.39 is 0 Å². The number of nitrogens with two attached hydrogens (primary N) is 1. The number of thiophene rings is 1. The fraction of sp³-hybridized carbons (Fsp3) is 0.417. The monoisotopic (exact) mass is 406 g/mol. The molecule has 0 spiro atoms. The Morgan fingerprint density at radius 2 is 2.16 bits per heavy atom. The van der Waals surface area contributed by atoms with Crippen molar-refractivity contribution in [3.63, 3.8) is 0 Å². The lowest BCUT2D eigenvalue weighted by atomic mass is 10.2. The van der Waals surface area contributed by atoms with Gasteiger partial charge in [0.1, 0.15) is 0 Å². The highest BCUT2D eigenvalue weighted by molar-refractivity contribution is 9.10. The smallest absolute Gasteiger partial charge is 0.0839 e. The normalized spacial score (nSPS) is 13.2. The quantitative estimate of drug-likeness (QED) is 0.828. The molecule has 0 radical (unpaired) electrons. The van der Waals surface area contributed by atoms with Gasteiger partial charge < -0.3 is 10.6 Å². The molecule has 0 fully saturated rings. The number of aromatic nitrogens is 2. The summed E-state index contributed by atoms with van der Waals surface area (Å²) in [6.45, 7) is 1.75. The van der Waals surface area contributed by atoms with Crippen LogP contribution in [0.25, 0.3) is 0 Å². The van der Waals surface area contributed by atoms with Crippen LogP contribution >= 0.6 is 43.2 Å². The number of likely N-dealkylation sites (N-methyl/N-ethyl adjacent to an activating group) is 1. The van der Waals surface area contributed by atoms with E-state index in [4.69, 9.17) is 5.73 Å². The number of hydrogen-bond donors (Lipinski definition) is 1. The second kappa shape index (κ2) is 6.49. The zero-order valence-corrected chi connectivity index (χ0v) is 14.8. The highest BCUT2D eigenvalue weighted by atomic mass is 79.9. The summed E-state index contributed by atoms with van der Waals surface area (Å²) in [5, 5.41) is 6.44. The summed E-state index contributed by atoms with van der Waals surface area (Å²) < 4.78 is 3.98. The number of hydrogen-bond acceptors (Lipinski definition) is 4. The Morgan fingerprint density at radius 3 is 2.74 bits per heavy atom. The zero-order chi connectivity index (χ0) is 14.0. The van der Waals surface area contributed by atoms with E-state index in [1.807, 2.05) is 36.4 Å². The molecule has 0 bridgehead atoms. The average molecular weight is 408 g/mol. The lowest BCUT2D eigenvalue weighted by Crippen LogP contribution is -2.23. The van der Waals surface area contributed by atoms with Crippen molar-refractivity contribution in [1.82, 2.24) is 14.7 Å². The fourth-order valence-corrected chi connectivity index (χ4v) is 3.97. The molecule has 0 aliphatic rings. The average Bonchev–Trinajstić information content (AvgIpc) is 2.92.